The molecule has 0 unspecified atom stereocenters. The molecule has 1 saturated heterocycles. The van der Waals surface area contributed by atoms with Crippen molar-refractivity contribution < 1.29 is 19.4 Å². The molecule has 11 heteroatoms. The summed E-state index contributed by atoms with van der Waals surface area (Å²) in [6.07, 6.45) is 0.675. The minimum Gasteiger partial charge on any atom is -0.442 e. The molecule has 3 rings (SSSR count). The first-order valence-electron chi connectivity index (χ1n) is 7.37. The van der Waals surface area contributed by atoms with Crippen LogP contribution in [0.1, 0.15) is 0 Å². The van der Waals surface area contributed by atoms with Crippen molar-refractivity contribution in [3.05, 3.63) is 17.4 Å². The number of fused-ring (bicyclic) bond motifs is 1. The third-order valence-electron chi connectivity index (χ3n) is 3.53. The second kappa shape index (κ2) is 7.03. The van der Waals surface area contributed by atoms with E-state index >= 15 is 0 Å². The third-order valence-corrected chi connectivity index (χ3v) is 3.73. The van der Waals surface area contributed by atoms with Crippen molar-refractivity contribution in [1.82, 2.24) is 20.3 Å². The summed E-state index contributed by atoms with van der Waals surface area (Å²) in [5.41, 5.74) is 0.952. The third kappa shape index (κ3) is 3.69. The van der Waals surface area contributed by atoms with Crippen LogP contribution in [-0.2, 0) is 9.53 Å². The van der Waals surface area contributed by atoms with Gasteiger partial charge in [-0.25, -0.2) is 19.7 Å². The summed E-state index contributed by atoms with van der Waals surface area (Å²) >= 11 is 5.86. The summed E-state index contributed by atoms with van der Waals surface area (Å²) in [5.74, 6) is -0.0314. The molecule has 2 amide bonds. The number of hydrogen-bond acceptors (Lipinski definition) is 8. The molecule has 3 heterocycles. The van der Waals surface area contributed by atoms with Gasteiger partial charge in [0.25, 0.3) is 5.91 Å². The van der Waals surface area contributed by atoms with Crippen molar-refractivity contribution in [2.24, 2.45) is 0 Å². The number of aliphatic hydroxyl groups is 1. The lowest BCUT2D eigenvalue weighted by atomic mass is 10.1. The second-order valence-electron chi connectivity index (χ2n) is 5.28. The number of carbonyl (C=O) groups is 2. The fourth-order valence-corrected chi connectivity index (χ4v) is 2.45. The number of alkyl carbamates (subject to hydrolysis) is 1. The molecule has 0 spiro atoms. The number of ether oxygens (including phenoxy) is 1. The first-order valence-corrected chi connectivity index (χ1v) is 7.75. The summed E-state index contributed by atoms with van der Waals surface area (Å²) in [6, 6.07) is 1.52. The highest BCUT2D eigenvalue weighted by Gasteiger charge is 2.33. The Morgan fingerprint density at radius 2 is 2.16 bits per heavy atom. The molecule has 0 radical (unpaired) electrons. The molecule has 2 aromatic rings. The zero-order chi connectivity index (χ0) is 18.0. The standard InChI is InChI=1S/C14H15ClN6O4/c1-16-14(24)25-7-4-21(5-7)13-12(20-11(23)6-22)18-8-2-10(15)17-3-9(8)19-13/h2-3,7,22H,4-6H2,1H3,(H,16,24)(H,18,20,23). The van der Waals surface area contributed by atoms with Crippen molar-refractivity contribution >= 4 is 46.3 Å². The first-order chi connectivity index (χ1) is 12.0. The number of aromatic nitrogens is 3. The topological polar surface area (TPSA) is 130 Å². The van der Waals surface area contributed by atoms with Gasteiger partial charge in [-0.1, -0.05) is 11.6 Å². The lowest BCUT2D eigenvalue weighted by Gasteiger charge is -2.39. The Morgan fingerprint density at radius 3 is 2.84 bits per heavy atom. The van der Waals surface area contributed by atoms with Crippen LogP contribution >= 0.6 is 11.6 Å². The van der Waals surface area contributed by atoms with E-state index in [9.17, 15) is 9.59 Å². The Bertz CT molecular complexity index is 826. The zero-order valence-corrected chi connectivity index (χ0v) is 13.9. The summed E-state index contributed by atoms with van der Waals surface area (Å²) in [5, 5.41) is 14.1. The highest BCUT2D eigenvalue weighted by molar-refractivity contribution is 6.29. The normalized spacial score (nSPS) is 14.1. The van der Waals surface area contributed by atoms with Gasteiger partial charge in [-0.05, 0) is 0 Å². The van der Waals surface area contributed by atoms with Gasteiger partial charge >= 0.3 is 6.09 Å². The second-order valence-corrected chi connectivity index (χ2v) is 5.67. The van der Waals surface area contributed by atoms with Crippen LogP contribution in [0.2, 0.25) is 5.15 Å². The Hall–Kier alpha value is -2.72. The van der Waals surface area contributed by atoms with E-state index in [1.54, 1.807) is 4.90 Å². The summed E-state index contributed by atoms with van der Waals surface area (Å²) in [6.45, 7) is 0.117. The minimum absolute atomic E-state index is 0.187. The van der Waals surface area contributed by atoms with E-state index < -0.39 is 18.6 Å². The van der Waals surface area contributed by atoms with Gasteiger partial charge < -0.3 is 25.4 Å². The maximum Gasteiger partial charge on any atom is 0.407 e. The summed E-state index contributed by atoms with van der Waals surface area (Å²) < 4.78 is 5.14. The van der Waals surface area contributed by atoms with Crippen molar-refractivity contribution in [2.45, 2.75) is 6.10 Å². The highest BCUT2D eigenvalue weighted by atomic mass is 35.5. The number of aliphatic hydroxyl groups excluding tert-OH is 1. The lowest BCUT2D eigenvalue weighted by Crippen LogP contribution is -2.54. The number of rotatable bonds is 4. The van der Waals surface area contributed by atoms with Gasteiger partial charge in [0.15, 0.2) is 11.6 Å². The largest absolute Gasteiger partial charge is 0.442 e. The van der Waals surface area contributed by atoms with Gasteiger partial charge in [0.2, 0.25) is 0 Å². The van der Waals surface area contributed by atoms with Crippen LogP contribution in [0.3, 0.4) is 0 Å². The molecule has 0 saturated carbocycles. The Kier molecular flexibility index (Phi) is 4.81. The molecule has 0 atom stereocenters. The van der Waals surface area contributed by atoms with Crippen molar-refractivity contribution in [2.75, 3.05) is 37.0 Å². The Morgan fingerprint density at radius 1 is 1.40 bits per heavy atom. The molecular formula is C14H15ClN6O4. The molecule has 3 N–H and O–H groups in total. The minimum atomic E-state index is -0.682. The number of pyridine rings is 1. The molecular weight excluding hydrogens is 352 g/mol. The van der Waals surface area contributed by atoms with Gasteiger partial charge in [-0.3, -0.25) is 4.79 Å². The molecule has 25 heavy (non-hydrogen) atoms. The first kappa shape index (κ1) is 17.1. The average Bonchev–Trinajstić information content (AvgIpc) is 2.57. The predicted octanol–water partition coefficient (Wildman–Crippen LogP) is 0.154. The monoisotopic (exact) mass is 366 g/mol. The van der Waals surface area contributed by atoms with Gasteiger partial charge in [0.05, 0.1) is 24.8 Å². The van der Waals surface area contributed by atoms with E-state index in [-0.39, 0.29) is 17.1 Å². The number of carbonyl (C=O) groups excluding carboxylic acids is 2. The van der Waals surface area contributed by atoms with Gasteiger partial charge in [0, 0.05) is 13.1 Å². The van der Waals surface area contributed by atoms with E-state index in [1.165, 1.54) is 19.3 Å². The number of nitrogens with zero attached hydrogens (tertiary/aromatic N) is 4. The van der Waals surface area contributed by atoms with Gasteiger partial charge in [-0.2, -0.15) is 0 Å². The number of anilines is 2. The molecule has 0 aliphatic carbocycles. The molecule has 1 fully saturated rings. The van der Waals surface area contributed by atoms with Crippen LogP contribution in [0.5, 0.6) is 0 Å². The number of amides is 2. The molecule has 0 bridgehead atoms. The lowest BCUT2D eigenvalue weighted by molar-refractivity contribution is -0.118. The summed E-state index contributed by atoms with van der Waals surface area (Å²) in [7, 11) is 1.48. The van der Waals surface area contributed by atoms with E-state index in [0.717, 1.165) is 0 Å². The zero-order valence-electron chi connectivity index (χ0n) is 13.2. The van der Waals surface area contributed by atoms with Crippen LogP contribution in [0.25, 0.3) is 11.0 Å². The maximum absolute atomic E-state index is 11.6. The van der Waals surface area contributed by atoms with Crippen molar-refractivity contribution in [1.29, 1.82) is 0 Å². The van der Waals surface area contributed by atoms with Crippen LogP contribution in [0.15, 0.2) is 12.3 Å². The maximum atomic E-state index is 11.6. The molecule has 0 aromatic carbocycles. The van der Waals surface area contributed by atoms with Crippen LogP contribution in [0.4, 0.5) is 16.4 Å². The smallest absolute Gasteiger partial charge is 0.407 e. The molecule has 10 nitrogen and oxygen atoms in total. The van der Waals surface area contributed by atoms with E-state index in [4.69, 9.17) is 21.4 Å². The van der Waals surface area contributed by atoms with E-state index in [1.807, 2.05) is 0 Å². The SMILES string of the molecule is CNC(=O)OC1CN(c2nc3cnc(Cl)cc3nc2NC(=O)CO)C1. The molecule has 2 aromatic heterocycles. The highest BCUT2D eigenvalue weighted by Crippen LogP contribution is 2.29. The van der Waals surface area contributed by atoms with E-state index in [0.29, 0.717) is 29.9 Å². The number of hydrogen-bond donors (Lipinski definition) is 3. The number of nitrogens with one attached hydrogen (secondary N) is 2. The average molecular weight is 367 g/mol. The number of halogens is 1. The summed E-state index contributed by atoms with van der Waals surface area (Å²) in [4.78, 5) is 37.3. The van der Waals surface area contributed by atoms with Gasteiger partial charge in [0.1, 0.15) is 23.4 Å². The molecule has 1 aliphatic heterocycles. The van der Waals surface area contributed by atoms with Crippen LogP contribution in [0, 0.1) is 0 Å². The van der Waals surface area contributed by atoms with Crippen molar-refractivity contribution in [3.8, 4) is 0 Å². The quantitative estimate of drug-likeness (QED) is 0.652. The van der Waals surface area contributed by atoms with Crippen LogP contribution < -0.4 is 15.5 Å². The van der Waals surface area contributed by atoms with Gasteiger partial charge in [-0.15, -0.1) is 0 Å². The fourth-order valence-electron chi connectivity index (χ4n) is 2.30. The van der Waals surface area contributed by atoms with Crippen LogP contribution in [-0.4, -0.2) is 64.9 Å². The Labute approximate surface area is 147 Å². The van der Waals surface area contributed by atoms with Crippen molar-refractivity contribution in [3.63, 3.8) is 0 Å². The van der Waals surface area contributed by atoms with E-state index in [2.05, 4.69) is 25.6 Å². The molecule has 1 aliphatic rings. The fraction of sp³-hybridized carbons (Fsp3) is 0.357. The molecule has 132 valence electrons. The predicted molar refractivity (Wildman–Crippen MR) is 89.6 cm³/mol. The Balaban J connectivity index is 1.87.